The zero-order chi connectivity index (χ0) is 10.1. The van der Waals surface area contributed by atoms with E-state index >= 15 is 0 Å². The predicted octanol–water partition coefficient (Wildman–Crippen LogP) is 1.79. The molecule has 0 saturated heterocycles. The SMILES string of the molecule is CCc1ccc(F)c(S(C)(=O)=O)c1. The Morgan fingerprint density at radius 1 is 1.38 bits per heavy atom. The van der Waals surface area contributed by atoms with Crippen molar-refractivity contribution in [3.8, 4) is 0 Å². The molecule has 1 aromatic carbocycles. The van der Waals surface area contributed by atoms with Crippen LogP contribution in [0.2, 0.25) is 0 Å². The molecule has 0 unspecified atom stereocenters. The van der Waals surface area contributed by atoms with Gasteiger partial charge in [0.1, 0.15) is 10.7 Å². The Kier molecular flexibility index (Phi) is 2.71. The lowest BCUT2D eigenvalue weighted by molar-refractivity contribution is 0.570. The van der Waals surface area contributed by atoms with Crippen LogP contribution in [0.3, 0.4) is 0 Å². The normalized spacial score (nSPS) is 11.6. The van der Waals surface area contributed by atoms with Gasteiger partial charge in [0.25, 0.3) is 0 Å². The highest BCUT2D eigenvalue weighted by Crippen LogP contribution is 2.16. The first-order valence-corrected chi connectivity index (χ1v) is 5.82. The molecule has 0 aliphatic carbocycles. The van der Waals surface area contributed by atoms with Crippen LogP contribution in [0, 0.1) is 5.82 Å². The maximum absolute atomic E-state index is 13.0. The molecule has 0 aromatic heterocycles. The van der Waals surface area contributed by atoms with Gasteiger partial charge in [0, 0.05) is 6.26 Å². The summed E-state index contributed by atoms with van der Waals surface area (Å²) in [5.41, 5.74) is 0.821. The Labute approximate surface area is 77.3 Å². The quantitative estimate of drug-likeness (QED) is 0.732. The molecule has 72 valence electrons. The molecule has 0 aliphatic heterocycles. The van der Waals surface area contributed by atoms with E-state index < -0.39 is 15.7 Å². The minimum atomic E-state index is -3.44. The first-order chi connectivity index (χ1) is 5.95. The summed E-state index contributed by atoms with van der Waals surface area (Å²) in [6.07, 6.45) is 1.70. The molecule has 0 bridgehead atoms. The van der Waals surface area contributed by atoms with Gasteiger partial charge in [0.05, 0.1) is 0 Å². The summed E-state index contributed by atoms with van der Waals surface area (Å²) in [5.74, 6) is -0.681. The average molecular weight is 202 g/mol. The van der Waals surface area contributed by atoms with Crippen molar-refractivity contribution >= 4 is 9.84 Å². The smallest absolute Gasteiger partial charge is 0.178 e. The van der Waals surface area contributed by atoms with Crippen molar-refractivity contribution < 1.29 is 12.8 Å². The van der Waals surface area contributed by atoms with E-state index in [1.807, 2.05) is 6.92 Å². The van der Waals surface area contributed by atoms with Crippen LogP contribution in [-0.4, -0.2) is 14.7 Å². The van der Waals surface area contributed by atoms with Gasteiger partial charge >= 0.3 is 0 Å². The van der Waals surface area contributed by atoms with Gasteiger partial charge < -0.3 is 0 Å². The van der Waals surface area contributed by atoms with Crippen LogP contribution in [0.4, 0.5) is 4.39 Å². The lowest BCUT2D eigenvalue weighted by Crippen LogP contribution is -2.01. The van der Waals surface area contributed by atoms with E-state index in [4.69, 9.17) is 0 Å². The molecule has 2 nitrogen and oxygen atoms in total. The summed E-state index contributed by atoms with van der Waals surface area (Å²) < 4.78 is 35.2. The Bertz CT molecular complexity index is 410. The molecule has 0 radical (unpaired) electrons. The van der Waals surface area contributed by atoms with Crippen molar-refractivity contribution in [2.75, 3.05) is 6.26 Å². The minimum Gasteiger partial charge on any atom is -0.224 e. The van der Waals surface area contributed by atoms with Crippen LogP contribution < -0.4 is 0 Å². The molecule has 0 heterocycles. The molecule has 0 amide bonds. The lowest BCUT2D eigenvalue weighted by atomic mass is 10.2. The monoisotopic (exact) mass is 202 g/mol. The number of rotatable bonds is 2. The van der Waals surface area contributed by atoms with Crippen molar-refractivity contribution in [2.45, 2.75) is 18.2 Å². The van der Waals surface area contributed by atoms with E-state index in [0.29, 0.717) is 6.42 Å². The molecular formula is C9H11FO2S. The highest BCUT2D eigenvalue weighted by Gasteiger charge is 2.13. The van der Waals surface area contributed by atoms with E-state index in [-0.39, 0.29) is 4.90 Å². The fourth-order valence-corrected chi connectivity index (χ4v) is 1.84. The summed E-state index contributed by atoms with van der Waals surface area (Å²) >= 11 is 0. The summed E-state index contributed by atoms with van der Waals surface area (Å²) in [6, 6.07) is 4.16. The molecule has 0 spiro atoms. The van der Waals surface area contributed by atoms with E-state index in [1.54, 1.807) is 6.07 Å². The Morgan fingerprint density at radius 3 is 2.46 bits per heavy atom. The van der Waals surface area contributed by atoms with E-state index in [2.05, 4.69) is 0 Å². The van der Waals surface area contributed by atoms with Crippen molar-refractivity contribution in [3.05, 3.63) is 29.6 Å². The molecular weight excluding hydrogens is 191 g/mol. The van der Waals surface area contributed by atoms with Crippen molar-refractivity contribution in [3.63, 3.8) is 0 Å². The molecule has 0 atom stereocenters. The molecule has 13 heavy (non-hydrogen) atoms. The van der Waals surface area contributed by atoms with Gasteiger partial charge in [-0.3, -0.25) is 0 Å². The second-order valence-corrected chi connectivity index (χ2v) is 4.87. The number of aryl methyl sites for hydroxylation is 1. The van der Waals surface area contributed by atoms with E-state index in [1.165, 1.54) is 12.1 Å². The zero-order valence-corrected chi connectivity index (χ0v) is 8.36. The Balaban J connectivity index is 3.36. The van der Waals surface area contributed by atoms with Crippen molar-refractivity contribution in [2.24, 2.45) is 0 Å². The number of hydrogen-bond donors (Lipinski definition) is 0. The highest BCUT2D eigenvalue weighted by atomic mass is 32.2. The number of hydrogen-bond acceptors (Lipinski definition) is 2. The first-order valence-electron chi connectivity index (χ1n) is 3.93. The highest BCUT2D eigenvalue weighted by molar-refractivity contribution is 7.90. The zero-order valence-electron chi connectivity index (χ0n) is 7.54. The fraction of sp³-hybridized carbons (Fsp3) is 0.333. The number of sulfone groups is 1. The van der Waals surface area contributed by atoms with Crippen LogP contribution in [0.5, 0.6) is 0 Å². The molecule has 0 N–H and O–H groups in total. The third-order valence-electron chi connectivity index (χ3n) is 1.80. The molecule has 1 aromatic rings. The van der Waals surface area contributed by atoms with Gasteiger partial charge in [0.2, 0.25) is 0 Å². The maximum atomic E-state index is 13.0. The average Bonchev–Trinajstić information content (AvgIpc) is 2.03. The second-order valence-electron chi connectivity index (χ2n) is 2.89. The minimum absolute atomic E-state index is 0.216. The first kappa shape index (κ1) is 10.2. The third kappa shape index (κ3) is 2.28. The third-order valence-corrected chi connectivity index (χ3v) is 2.92. The predicted molar refractivity (Wildman–Crippen MR) is 48.9 cm³/mol. The lowest BCUT2D eigenvalue weighted by Gasteiger charge is -2.02. The molecule has 4 heteroatoms. The van der Waals surface area contributed by atoms with Gasteiger partial charge in [-0.15, -0.1) is 0 Å². The summed E-state index contributed by atoms with van der Waals surface area (Å²) in [4.78, 5) is -0.216. The maximum Gasteiger partial charge on any atom is 0.178 e. The largest absolute Gasteiger partial charge is 0.224 e. The van der Waals surface area contributed by atoms with Crippen LogP contribution in [0.15, 0.2) is 23.1 Å². The summed E-state index contributed by atoms with van der Waals surface area (Å²) in [5, 5.41) is 0. The second kappa shape index (κ2) is 3.46. The number of halogens is 1. The van der Waals surface area contributed by atoms with Crippen molar-refractivity contribution in [1.29, 1.82) is 0 Å². The fourth-order valence-electron chi connectivity index (χ4n) is 1.05. The number of benzene rings is 1. The van der Waals surface area contributed by atoms with E-state index in [0.717, 1.165) is 11.8 Å². The van der Waals surface area contributed by atoms with Crippen LogP contribution >= 0.6 is 0 Å². The van der Waals surface area contributed by atoms with Crippen molar-refractivity contribution in [1.82, 2.24) is 0 Å². The van der Waals surface area contributed by atoms with E-state index in [9.17, 15) is 12.8 Å². The van der Waals surface area contributed by atoms with Crippen LogP contribution in [-0.2, 0) is 16.3 Å². The van der Waals surface area contributed by atoms with Gasteiger partial charge in [-0.25, -0.2) is 12.8 Å². The Morgan fingerprint density at radius 2 is 2.00 bits per heavy atom. The molecule has 0 fully saturated rings. The Hall–Kier alpha value is -0.900. The topological polar surface area (TPSA) is 34.1 Å². The molecule has 0 saturated carbocycles. The summed E-state index contributed by atoms with van der Waals surface area (Å²) in [7, 11) is -3.44. The van der Waals surface area contributed by atoms with Gasteiger partial charge in [-0.05, 0) is 24.1 Å². The summed E-state index contributed by atoms with van der Waals surface area (Å²) in [6.45, 7) is 1.89. The van der Waals surface area contributed by atoms with Gasteiger partial charge in [0.15, 0.2) is 9.84 Å². The standard InChI is InChI=1S/C9H11FO2S/c1-3-7-4-5-8(10)9(6-7)13(2,11)12/h4-6H,3H2,1-2H3. The molecule has 1 rings (SSSR count). The van der Waals surface area contributed by atoms with Crippen LogP contribution in [0.1, 0.15) is 12.5 Å². The van der Waals surface area contributed by atoms with Crippen LogP contribution in [0.25, 0.3) is 0 Å². The van der Waals surface area contributed by atoms with Gasteiger partial charge in [-0.1, -0.05) is 13.0 Å². The van der Waals surface area contributed by atoms with Gasteiger partial charge in [-0.2, -0.15) is 0 Å². The molecule has 0 aliphatic rings.